The fraction of sp³-hybridized carbons (Fsp3) is 0.909. The molecular formula is C11H20N2. The Kier molecular flexibility index (Phi) is 3.33. The highest BCUT2D eigenvalue weighted by atomic mass is 15.2. The summed E-state index contributed by atoms with van der Waals surface area (Å²) in [6.45, 7) is 8.84. The smallest absolute Gasteiger partial charge is 0.0670 e. The minimum Gasteiger partial charge on any atom is -0.297 e. The standard InChI is InChI=1S/C11H20N2/c1-4-5-6-13-9-10(8-12)7-11(13,2)3/h10H,4-7,9H2,1-3H3. The van der Waals surface area contributed by atoms with Crippen molar-refractivity contribution in [3.05, 3.63) is 0 Å². The highest BCUT2D eigenvalue weighted by molar-refractivity contribution is 5.00. The van der Waals surface area contributed by atoms with Gasteiger partial charge in [0.2, 0.25) is 0 Å². The number of nitrogens with zero attached hydrogens (tertiary/aromatic N) is 2. The Balaban J connectivity index is 2.50. The fourth-order valence-corrected chi connectivity index (χ4v) is 2.14. The Labute approximate surface area is 81.5 Å². The average molecular weight is 180 g/mol. The number of unbranched alkanes of at least 4 members (excludes halogenated alkanes) is 1. The molecule has 0 bridgehead atoms. The van der Waals surface area contributed by atoms with E-state index in [1.54, 1.807) is 0 Å². The van der Waals surface area contributed by atoms with Crippen LogP contribution >= 0.6 is 0 Å². The van der Waals surface area contributed by atoms with Crippen molar-refractivity contribution in [3.63, 3.8) is 0 Å². The summed E-state index contributed by atoms with van der Waals surface area (Å²) in [7, 11) is 0. The Morgan fingerprint density at radius 2 is 2.23 bits per heavy atom. The summed E-state index contributed by atoms with van der Waals surface area (Å²) in [5.74, 6) is 0.256. The van der Waals surface area contributed by atoms with Crippen molar-refractivity contribution in [1.82, 2.24) is 4.90 Å². The summed E-state index contributed by atoms with van der Waals surface area (Å²) in [6, 6.07) is 2.38. The van der Waals surface area contributed by atoms with Crippen molar-refractivity contribution in [3.8, 4) is 6.07 Å². The average Bonchev–Trinajstić information content (AvgIpc) is 2.37. The Bertz CT molecular complexity index is 203. The maximum Gasteiger partial charge on any atom is 0.0670 e. The van der Waals surface area contributed by atoms with E-state index in [1.165, 1.54) is 12.8 Å². The van der Waals surface area contributed by atoms with Gasteiger partial charge in [0.05, 0.1) is 12.0 Å². The van der Waals surface area contributed by atoms with E-state index in [1.807, 2.05) is 0 Å². The van der Waals surface area contributed by atoms with Crippen LogP contribution in [0.5, 0.6) is 0 Å². The van der Waals surface area contributed by atoms with Gasteiger partial charge < -0.3 is 0 Å². The zero-order chi connectivity index (χ0) is 9.90. The first-order valence-corrected chi connectivity index (χ1v) is 5.25. The summed E-state index contributed by atoms with van der Waals surface area (Å²) in [6.07, 6.45) is 3.53. The van der Waals surface area contributed by atoms with Crippen LogP contribution in [0.2, 0.25) is 0 Å². The van der Waals surface area contributed by atoms with Gasteiger partial charge in [0, 0.05) is 12.1 Å². The first-order chi connectivity index (χ1) is 6.10. The van der Waals surface area contributed by atoms with Crippen LogP contribution in [0.15, 0.2) is 0 Å². The van der Waals surface area contributed by atoms with Gasteiger partial charge in [0.1, 0.15) is 0 Å². The highest BCUT2D eigenvalue weighted by Crippen LogP contribution is 2.32. The highest BCUT2D eigenvalue weighted by Gasteiger charge is 2.37. The minimum atomic E-state index is 0.246. The topological polar surface area (TPSA) is 27.0 Å². The van der Waals surface area contributed by atoms with E-state index in [9.17, 15) is 0 Å². The monoisotopic (exact) mass is 180 g/mol. The predicted octanol–water partition coefficient (Wildman–Crippen LogP) is 2.41. The van der Waals surface area contributed by atoms with Crippen LogP contribution in [-0.4, -0.2) is 23.5 Å². The van der Waals surface area contributed by atoms with Crippen LogP contribution < -0.4 is 0 Å². The molecule has 0 aromatic rings. The third kappa shape index (κ3) is 2.45. The first-order valence-electron chi connectivity index (χ1n) is 5.25. The molecule has 1 aliphatic rings. The Morgan fingerprint density at radius 3 is 2.69 bits per heavy atom. The van der Waals surface area contributed by atoms with E-state index >= 15 is 0 Å². The van der Waals surface area contributed by atoms with Gasteiger partial charge >= 0.3 is 0 Å². The summed E-state index contributed by atoms with van der Waals surface area (Å²) >= 11 is 0. The molecule has 0 radical (unpaired) electrons. The molecule has 1 rings (SSSR count). The molecule has 1 heterocycles. The number of hydrogen-bond acceptors (Lipinski definition) is 2. The molecule has 1 saturated heterocycles. The van der Waals surface area contributed by atoms with Crippen LogP contribution in [0.1, 0.15) is 40.0 Å². The van der Waals surface area contributed by atoms with Gasteiger partial charge in [-0.25, -0.2) is 0 Å². The molecule has 0 aromatic carbocycles. The largest absolute Gasteiger partial charge is 0.297 e. The summed E-state index contributed by atoms with van der Waals surface area (Å²) in [5, 5.41) is 8.86. The molecule has 0 spiro atoms. The summed E-state index contributed by atoms with van der Waals surface area (Å²) in [4.78, 5) is 2.46. The van der Waals surface area contributed by atoms with Gasteiger partial charge in [0.25, 0.3) is 0 Å². The predicted molar refractivity (Wildman–Crippen MR) is 54.3 cm³/mol. The molecule has 74 valence electrons. The van der Waals surface area contributed by atoms with Crippen molar-refractivity contribution < 1.29 is 0 Å². The van der Waals surface area contributed by atoms with Crippen molar-refractivity contribution in [2.75, 3.05) is 13.1 Å². The molecule has 1 atom stereocenters. The van der Waals surface area contributed by atoms with Crippen molar-refractivity contribution >= 4 is 0 Å². The van der Waals surface area contributed by atoms with E-state index in [0.29, 0.717) is 0 Å². The van der Waals surface area contributed by atoms with Gasteiger partial charge in [-0.1, -0.05) is 13.3 Å². The van der Waals surface area contributed by atoms with Crippen LogP contribution in [0.4, 0.5) is 0 Å². The number of likely N-dealkylation sites (tertiary alicyclic amines) is 1. The molecule has 0 amide bonds. The molecule has 1 fully saturated rings. The maximum atomic E-state index is 8.86. The summed E-state index contributed by atoms with van der Waals surface area (Å²) < 4.78 is 0. The number of nitriles is 1. The molecular weight excluding hydrogens is 160 g/mol. The maximum absolute atomic E-state index is 8.86. The molecule has 0 N–H and O–H groups in total. The molecule has 0 saturated carbocycles. The molecule has 2 heteroatoms. The van der Waals surface area contributed by atoms with Crippen LogP contribution in [0, 0.1) is 17.2 Å². The van der Waals surface area contributed by atoms with E-state index < -0.39 is 0 Å². The second kappa shape index (κ2) is 4.11. The quantitative estimate of drug-likeness (QED) is 0.667. The molecule has 1 aliphatic heterocycles. The lowest BCUT2D eigenvalue weighted by molar-refractivity contribution is 0.172. The van der Waals surface area contributed by atoms with E-state index in [0.717, 1.165) is 19.5 Å². The third-order valence-corrected chi connectivity index (χ3v) is 3.01. The van der Waals surface area contributed by atoms with E-state index in [-0.39, 0.29) is 11.5 Å². The van der Waals surface area contributed by atoms with Crippen LogP contribution in [0.25, 0.3) is 0 Å². The van der Waals surface area contributed by atoms with Crippen LogP contribution in [-0.2, 0) is 0 Å². The molecule has 13 heavy (non-hydrogen) atoms. The van der Waals surface area contributed by atoms with E-state index in [2.05, 4.69) is 31.7 Å². The second-order valence-electron chi connectivity index (χ2n) is 4.64. The third-order valence-electron chi connectivity index (χ3n) is 3.01. The molecule has 0 aromatic heterocycles. The first kappa shape index (κ1) is 10.5. The van der Waals surface area contributed by atoms with Gasteiger partial charge in [-0.3, -0.25) is 4.90 Å². The van der Waals surface area contributed by atoms with Crippen molar-refractivity contribution in [1.29, 1.82) is 5.26 Å². The normalized spacial score (nSPS) is 27.4. The van der Waals surface area contributed by atoms with Gasteiger partial charge in [-0.2, -0.15) is 5.26 Å². The lowest BCUT2D eigenvalue weighted by Gasteiger charge is -2.31. The molecule has 1 unspecified atom stereocenters. The molecule has 0 aliphatic carbocycles. The zero-order valence-corrected chi connectivity index (χ0v) is 9.01. The summed E-state index contributed by atoms with van der Waals surface area (Å²) in [5.41, 5.74) is 0.246. The zero-order valence-electron chi connectivity index (χ0n) is 9.01. The lowest BCUT2D eigenvalue weighted by atomic mass is 9.97. The second-order valence-corrected chi connectivity index (χ2v) is 4.64. The SMILES string of the molecule is CCCCN1CC(C#N)CC1(C)C. The number of rotatable bonds is 3. The van der Waals surface area contributed by atoms with Crippen molar-refractivity contribution in [2.45, 2.75) is 45.6 Å². The number of hydrogen-bond donors (Lipinski definition) is 0. The lowest BCUT2D eigenvalue weighted by Crippen LogP contribution is -2.38. The van der Waals surface area contributed by atoms with Gasteiger partial charge in [-0.15, -0.1) is 0 Å². The molecule has 2 nitrogen and oxygen atoms in total. The fourth-order valence-electron chi connectivity index (χ4n) is 2.14. The van der Waals surface area contributed by atoms with Crippen LogP contribution in [0.3, 0.4) is 0 Å². The van der Waals surface area contributed by atoms with Crippen molar-refractivity contribution in [2.24, 2.45) is 5.92 Å². The van der Waals surface area contributed by atoms with E-state index in [4.69, 9.17) is 5.26 Å². The Hall–Kier alpha value is -0.550. The van der Waals surface area contributed by atoms with Gasteiger partial charge in [-0.05, 0) is 33.2 Å². The minimum absolute atomic E-state index is 0.246. The van der Waals surface area contributed by atoms with Gasteiger partial charge in [0.15, 0.2) is 0 Å². The Morgan fingerprint density at radius 1 is 1.54 bits per heavy atom.